The Morgan fingerprint density at radius 1 is 1.13 bits per heavy atom. The van der Waals surface area contributed by atoms with E-state index in [2.05, 4.69) is 5.16 Å². The summed E-state index contributed by atoms with van der Waals surface area (Å²) in [6.45, 7) is 5.43. The number of esters is 1. The molecule has 0 aromatic heterocycles. The molecule has 166 valence electrons. The lowest BCUT2D eigenvalue weighted by atomic mass is 9.84. The topological polar surface area (TPSA) is 91.0 Å². The first-order valence-electron chi connectivity index (χ1n) is 11.1. The molecule has 30 heavy (non-hydrogen) atoms. The van der Waals surface area contributed by atoms with Crippen molar-refractivity contribution in [1.29, 1.82) is 0 Å². The van der Waals surface area contributed by atoms with Gasteiger partial charge in [-0.3, -0.25) is 4.79 Å². The Morgan fingerprint density at radius 2 is 1.80 bits per heavy atom. The Kier molecular flexibility index (Phi) is 9.34. The van der Waals surface area contributed by atoms with Gasteiger partial charge in [0.25, 0.3) is 0 Å². The zero-order chi connectivity index (χ0) is 22.0. The molecule has 0 spiro atoms. The number of hydrogen-bond donors (Lipinski definition) is 1. The van der Waals surface area contributed by atoms with E-state index in [1.165, 1.54) is 32.1 Å². The highest BCUT2D eigenvalue weighted by Gasteiger charge is 2.27. The Labute approximate surface area is 180 Å². The van der Waals surface area contributed by atoms with E-state index < -0.39 is 23.5 Å². The number of benzene rings is 1. The highest BCUT2D eigenvalue weighted by Crippen LogP contribution is 2.29. The fraction of sp³-hybridized carbons (Fsp3) is 0.625. The zero-order valence-electron chi connectivity index (χ0n) is 18.6. The van der Waals surface area contributed by atoms with E-state index in [1.54, 1.807) is 12.1 Å². The summed E-state index contributed by atoms with van der Waals surface area (Å²) in [6, 6.07) is 9.10. The van der Waals surface area contributed by atoms with Crippen LogP contribution in [-0.2, 0) is 19.2 Å². The first-order valence-corrected chi connectivity index (χ1v) is 11.1. The van der Waals surface area contributed by atoms with Gasteiger partial charge in [0.15, 0.2) is 5.84 Å². The number of nitrogens with zero attached hydrogens (tertiary/aromatic N) is 1. The molecule has 0 heterocycles. The predicted molar refractivity (Wildman–Crippen MR) is 118 cm³/mol. The smallest absolute Gasteiger partial charge is 0.338 e. The van der Waals surface area contributed by atoms with Crippen LogP contribution in [-0.4, -0.2) is 23.4 Å². The van der Waals surface area contributed by atoms with Crippen LogP contribution in [0.2, 0.25) is 0 Å². The number of oxime groups is 1. The zero-order valence-corrected chi connectivity index (χ0v) is 18.6. The minimum atomic E-state index is -0.594. The van der Waals surface area contributed by atoms with E-state index in [9.17, 15) is 9.59 Å². The van der Waals surface area contributed by atoms with Crippen molar-refractivity contribution in [1.82, 2.24) is 0 Å². The lowest BCUT2D eigenvalue weighted by Gasteiger charge is -2.23. The minimum Gasteiger partial charge on any atom is -0.460 e. The van der Waals surface area contributed by atoms with E-state index in [0.717, 1.165) is 18.8 Å². The normalized spacial score (nSPS) is 16.7. The Hall–Kier alpha value is -2.37. The number of carbonyl (C=O) groups is 2. The van der Waals surface area contributed by atoms with Crippen LogP contribution in [0.4, 0.5) is 0 Å². The summed E-state index contributed by atoms with van der Waals surface area (Å²) in [5.74, 6) is -0.674. The van der Waals surface area contributed by atoms with E-state index in [0.29, 0.717) is 12.0 Å². The van der Waals surface area contributed by atoms with Gasteiger partial charge in [0.05, 0.1) is 12.3 Å². The van der Waals surface area contributed by atoms with Crippen molar-refractivity contribution >= 4 is 17.8 Å². The van der Waals surface area contributed by atoms with Gasteiger partial charge in [-0.1, -0.05) is 80.4 Å². The highest BCUT2D eigenvalue weighted by molar-refractivity contribution is 5.97. The van der Waals surface area contributed by atoms with Gasteiger partial charge in [0, 0.05) is 5.56 Å². The van der Waals surface area contributed by atoms with Gasteiger partial charge in [-0.15, -0.1) is 0 Å². The van der Waals surface area contributed by atoms with Crippen molar-refractivity contribution in [2.75, 3.05) is 0 Å². The van der Waals surface area contributed by atoms with Crippen LogP contribution in [0.15, 0.2) is 35.5 Å². The number of amidine groups is 1. The van der Waals surface area contributed by atoms with Crippen molar-refractivity contribution in [3.8, 4) is 0 Å². The minimum absolute atomic E-state index is 0.0124. The summed E-state index contributed by atoms with van der Waals surface area (Å²) in [6.07, 6.45) is 8.96. The molecule has 6 nitrogen and oxygen atoms in total. The molecule has 1 atom stereocenters. The van der Waals surface area contributed by atoms with Crippen molar-refractivity contribution < 1.29 is 19.2 Å². The van der Waals surface area contributed by atoms with Crippen molar-refractivity contribution in [3.63, 3.8) is 0 Å². The van der Waals surface area contributed by atoms with Crippen molar-refractivity contribution in [2.45, 2.75) is 84.2 Å². The van der Waals surface area contributed by atoms with E-state index in [4.69, 9.17) is 15.3 Å². The number of rotatable bonds is 9. The highest BCUT2D eigenvalue weighted by atomic mass is 16.7. The molecule has 1 aliphatic carbocycles. The van der Waals surface area contributed by atoms with E-state index in [1.807, 2.05) is 39.0 Å². The summed E-state index contributed by atoms with van der Waals surface area (Å²) in [7, 11) is 0. The van der Waals surface area contributed by atoms with Gasteiger partial charge in [-0.2, -0.15) is 0 Å². The van der Waals surface area contributed by atoms with Crippen LogP contribution in [0.25, 0.3) is 0 Å². The van der Waals surface area contributed by atoms with Crippen LogP contribution >= 0.6 is 0 Å². The largest absolute Gasteiger partial charge is 0.460 e. The molecule has 2 rings (SSSR count). The second-order valence-electron chi connectivity index (χ2n) is 9.18. The van der Waals surface area contributed by atoms with Gasteiger partial charge in [-0.25, -0.2) is 4.79 Å². The van der Waals surface area contributed by atoms with Gasteiger partial charge < -0.3 is 15.3 Å². The van der Waals surface area contributed by atoms with Gasteiger partial charge in [-0.05, 0) is 33.1 Å². The molecule has 0 amide bonds. The number of carbonyl (C=O) groups excluding carboxylic acids is 2. The molecule has 0 bridgehead atoms. The molecule has 1 aromatic carbocycles. The van der Waals surface area contributed by atoms with Crippen LogP contribution in [0, 0.1) is 11.8 Å². The number of nitrogens with two attached hydrogens (primary N) is 1. The van der Waals surface area contributed by atoms with Crippen LogP contribution in [0.5, 0.6) is 0 Å². The predicted octanol–water partition coefficient (Wildman–Crippen LogP) is 4.95. The SMILES string of the molecule is CC(C)(C)OC(=O)C[C@@H](CCCC1CCCCC1)C(=O)O/N=C(\N)c1ccccc1. The molecule has 1 aliphatic rings. The lowest BCUT2D eigenvalue weighted by molar-refractivity contribution is -0.161. The van der Waals surface area contributed by atoms with E-state index >= 15 is 0 Å². The maximum atomic E-state index is 12.7. The first-order chi connectivity index (χ1) is 14.2. The molecule has 1 saturated carbocycles. The summed E-state index contributed by atoms with van der Waals surface area (Å²) in [5.41, 5.74) is 5.99. The van der Waals surface area contributed by atoms with Crippen molar-refractivity contribution in [3.05, 3.63) is 35.9 Å². The van der Waals surface area contributed by atoms with Crippen molar-refractivity contribution in [2.24, 2.45) is 22.7 Å². The Balaban J connectivity index is 1.95. The fourth-order valence-electron chi connectivity index (χ4n) is 3.85. The molecule has 1 aromatic rings. The van der Waals surface area contributed by atoms with Crippen LogP contribution < -0.4 is 5.73 Å². The molecule has 0 saturated heterocycles. The summed E-state index contributed by atoms with van der Waals surface area (Å²) >= 11 is 0. The van der Waals surface area contributed by atoms with Gasteiger partial charge in [0.1, 0.15) is 5.60 Å². The Bertz CT molecular complexity index is 704. The molecular formula is C24H36N2O4. The molecule has 0 radical (unpaired) electrons. The van der Waals surface area contributed by atoms with Gasteiger partial charge >= 0.3 is 11.9 Å². The molecule has 6 heteroatoms. The Morgan fingerprint density at radius 3 is 2.43 bits per heavy atom. The quantitative estimate of drug-likeness (QED) is 0.202. The average Bonchev–Trinajstić information content (AvgIpc) is 2.71. The molecule has 2 N–H and O–H groups in total. The summed E-state index contributed by atoms with van der Waals surface area (Å²) in [5, 5.41) is 3.79. The number of hydrogen-bond acceptors (Lipinski definition) is 5. The third-order valence-corrected chi connectivity index (χ3v) is 5.36. The van der Waals surface area contributed by atoms with Gasteiger partial charge in [0.2, 0.25) is 0 Å². The summed E-state index contributed by atoms with van der Waals surface area (Å²) < 4.78 is 5.40. The fourth-order valence-corrected chi connectivity index (χ4v) is 3.85. The van der Waals surface area contributed by atoms with E-state index in [-0.39, 0.29) is 12.3 Å². The third kappa shape index (κ3) is 8.97. The lowest BCUT2D eigenvalue weighted by Crippen LogP contribution is -2.28. The van der Waals surface area contributed by atoms with Crippen LogP contribution in [0.3, 0.4) is 0 Å². The standard InChI is InChI=1S/C24H36N2O4/c1-24(2,3)29-21(27)17-20(16-10-13-18-11-6-4-7-12-18)23(28)30-26-22(25)19-14-8-5-9-15-19/h5,8-9,14-15,18,20H,4,6-7,10-13,16-17H2,1-3H3,(H2,25,26)/t20-/m1/s1. The summed E-state index contributed by atoms with van der Waals surface area (Å²) in [4.78, 5) is 30.1. The maximum absolute atomic E-state index is 12.7. The third-order valence-electron chi connectivity index (χ3n) is 5.36. The average molecular weight is 417 g/mol. The molecular weight excluding hydrogens is 380 g/mol. The molecule has 0 aliphatic heterocycles. The molecule has 0 unspecified atom stereocenters. The first kappa shape index (κ1) is 23.9. The molecule has 1 fully saturated rings. The number of ether oxygens (including phenoxy) is 1. The maximum Gasteiger partial charge on any atom is 0.338 e. The second kappa shape index (κ2) is 11.7. The second-order valence-corrected chi connectivity index (χ2v) is 9.18. The monoisotopic (exact) mass is 416 g/mol. The van der Waals surface area contributed by atoms with Crippen LogP contribution in [0.1, 0.15) is 84.1 Å².